The van der Waals surface area contributed by atoms with Crippen molar-refractivity contribution in [3.05, 3.63) is 47.6 Å². The summed E-state index contributed by atoms with van der Waals surface area (Å²) in [6, 6.07) is 10.4. The van der Waals surface area contributed by atoms with E-state index in [1.807, 2.05) is 25.2 Å². The van der Waals surface area contributed by atoms with Crippen molar-refractivity contribution >= 4 is 0 Å². The first-order chi connectivity index (χ1) is 8.95. The van der Waals surface area contributed by atoms with Crippen LogP contribution >= 0.6 is 0 Å². The third-order valence-electron chi connectivity index (χ3n) is 2.84. The van der Waals surface area contributed by atoms with E-state index in [0.29, 0.717) is 12.4 Å². The third-order valence-corrected chi connectivity index (χ3v) is 2.84. The van der Waals surface area contributed by atoms with Crippen LogP contribution in [0.4, 0.5) is 0 Å². The second-order valence-corrected chi connectivity index (χ2v) is 5.92. The second kappa shape index (κ2) is 5.53. The molecule has 0 saturated heterocycles. The Morgan fingerprint density at radius 2 is 1.79 bits per heavy atom. The van der Waals surface area contributed by atoms with Crippen molar-refractivity contribution in [1.82, 2.24) is 15.0 Å². The number of aromatic nitrogens is 2. The normalized spacial score (nSPS) is 12.1. The Balaban J connectivity index is 1.96. The van der Waals surface area contributed by atoms with Crippen LogP contribution in [0.15, 0.2) is 34.9 Å². The number of hydrogen-bond acceptors (Lipinski definition) is 4. The standard InChI is InChI=1S/C15H21N3O/c1-15(2,3)14-16-13(19-17-14)11-18(4)10-12-8-6-5-7-9-12/h5-9H,10-11H2,1-4H3. The van der Waals surface area contributed by atoms with Crippen LogP contribution in [-0.2, 0) is 18.5 Å². The van der Waals surface area contributed by atoms with Crippen molar-refractivity contribution in [1.29, 1.82) is 0 Å². The van der Waals surface area contributed by atoms with Gasteiger partial charge in [-0.2, -0.15) is 4.98 Å². The van der Waals surface area contributed by atoms with Gasteiger partial charge in [0.15, 0.2) is 5.82 Å². The van der Waals surface area contributed by atoms with Crippen molar-refractivity contribution in [2.24, 2.45) is 0 Å². The number of benzene rings is 1. The second-order valence-electron chi connectivity index (χ2n) is 5.92. The van der Waals surface area contributed by atoms with Crippen LogP contribution in [0.25, 0.3) is 0 Å². The highest BCUT2D eigenvalue weighted by atomic mass is 16.5. The highest BCUT2D eigenvalue weighted by molar-refractivity contribution is 5.14. The zero-order valence-electron chi connectivity index (χ0n) is 12.1. The zero-order chi connectivity index (χ0) is 13.9. The Hall–Kier alpha value is -1.68. The zero-order valence-corrected chi connectivity index (χ0v) is 12.1. The monoisotopic (exact) mass is 259 g/mol. The van der Waals surface area contributed by atoms with Crippen LogP contribution < -0.4 is 0 Å². The average Bonchev–Trinajstić information content (AvgIpc) is 2.78. The molecule has 0 aliphatic carbocycles. The molecule has 19 heavy (non-hydrogen) atoms. The largest absolute Gasteiger partial charge is 0.338 e. The summed E-state index contributed by atoms with van der Waals surface area (Å²) in [7, 11) is 2.05. The Bertz CT molecular complexity index is 514. The fourth-order valence-electron chi connectivity index (χ4n) is 1.81. The van der Waals surface area contributed by atoms with Crippen molar-refractivity contribution in [3.63, 3.8) is 0 Å². The molecule has 0 N–H and O–H groups in total. The van der Waals surface area contributed by atoms with Gasteiger partial charge >= 0.3 is 0 Å². The average molecular weight is 259 g/mol. The molecule has 0 fully saturated rings. The molecule has 0 aliphatic heterocycles. The molecule has 0 radical (unpaired) electrons. The first kappa shape index (κ1) is 13.7. The summed E-state index contributed by atoms with van der Waals surface area (Å²) in [5.74, 6) is 1.43. The molecular formula is C15H21N3O. The van der Waals surface area contributed by atoms with Gasteiger partial charge in [-0.05, 0) is 12.6 Å². The van der Waals surface area contributed by atoms with Crippen LogP contribution in [0.1, 0.15) is 38.0 Å². The summed E-state index contributed by atoms with van der Waals surface area (Å²) in [6.45, 7) is 7.77. The van der Waals surface area contributed by atoms with E-state index < -0.39 is 0 Å². The van der Waals surface area contributed by atoms with Gasteiger partial charge in [0.25, 0.3) is 0 Å². The van der Waals surface area contributed by atoms with Gasteiger partial charge in [-0.15, -0.1) is 0 Å². The minimum absolute atomic E-state index is 0.0697. The predicted molar refractivity (Wildman–Crippen MR) is 74.6 cm³/mol. The molecule has 0 aliphatic rings. The molecule has 1 aromatic carbocycles. The maximum Gasteiger partial charge on any atom is 0.240 e. The summed E-state index contributed by atoms with van der Waals surface area (Å²) in [4.78, 5) is 6.61. The van der Waals surface area contributed by atoms with Gasteiger partial charge in [-0.3, -0.25) is 4.90 Å². The molecule has 0 bridgehead atoms. The fraction of sp³-hybridized carbons (Fsp3) is 0.467. The molecule has 0 amide bonds. The van der Waals surface area contributed by atoms with E-state index in [2.05, 4.69) is 47.9 Å². The summed E-state index contributed by atoms with van der Waals surface area (Å²) in [5, 5.41) is 4.03. The lowest BCUT2D eigenvalue weighted by molar-refractivity contribution is 0.259. The number of rotatable bonds is 4. The smallest absolute Gasteiger partial charge is 0.240 e. The lowest BCUT2D eigenvalue weighted by Gasteiger charge is -2.14. The van der Waals surface area contributed by atoms with Crippen LogP contribution in [0.2, 0.25) is 0 Å². The van der Waals surface area contributed by atoms with E-state index in [0.717, 1.165) is 12.4 Å². The minimum Gasteiger partial charge on any atom is -0.338 e. The van der Waals surface area contributed by atoms with Gasteiger partial charge in [0.1, 0.15) is 0 Å². The topological polar surface area (TPSA) is 42.2 Å². The quantitative estimate of drug-likeness (QED) is 0.846. The van der Waals surface area contributed by atoms with Gasteiger partial charge in [-0.1, -0.05) is 56.3 Å². The molecule has 0 atom stereocenters. The van der Waals surface area contributed by atoms with Crippen LogP contribution in [0, 0.1) is 0 Å². The minimum atomic E-state index is -0.0697. The van der Waals surface area contributed by atoms with E-state index in [-0.39, 0.29) is 5.41 Å². The van der Waals surface area contributed by atoms with E-state index >= 15 is 0 Å². The molecule has 0 unspecified atom stereocenters. The lowest BCUT2D eigenvalue weighted by atomic mass is 9.96. The van der Waals surface area contributed by atoms with E-state index in [1.165, 1.54) is 5.56 Å². The Kier molecular flexibility index (Phi) is 4.00. The fourth-order valence-corrected chi connectivity index (χ4v) is 1.81. The predicted octanol–water partition coefficient (Wildman–Crippen LogP) is 3.00. The van der Waals surface area contributed by atoms with E-state index in [9.17, 15) is 0 Å². The molecule has 1 aromatic heterocycles. The molecule has 4 heteroatoms. The van der Waals surface area contributed by atoms with Crippen molar-refractivity contribution in [3.8, 4) is 0 Å². The molecule has 1 heterocycles. The van der Waals surface area contributed by atoms with Crippen LogP contribution in [0.5, 0.6) is 0 Å². The highest BCUT2D eigenvalue weighted by Gasteiger charge is 2.21. The molecule has 0 spiro atoms. The highest BCUT2D eigenvalue weighted by Crippen LogP contribution is 2.18. The maximum absolute atomic E-state index is 5.30. The summed E-state index contributed by atoms with van der Waals surface area (Å²) in [5.41, 5.74) is 1.21. The Morgan fingerprint density at radius 1 is 1.11 bits per heavy atom. The summed E-state index contributed by atoms with van der Waals surface area (Å²) >= 11 is 0. The van der Waals surface area contributed by atoms with Crippen molar-refractivity contribution in [2.75, 3.05) is 7.05 Å². The first-order valence-corrected chi connectivity index (χ1v) is 6.50. The molecule has 2 aromatic rings. The molecule has 4 nitrogen and oxygen atoms in total. The number of nitrogens with zero attached hydrogens (tertiary/aromatic N) is 3. The Labute approximate surface area is 114 Å². The third kappa shape index (κ3) is 3.89. The molecular weight excluding hydrogens is 238 g/mol. The molecule has 102 valence electrons. The Morgan fingerprint density at radius 3 is 2.37 bits per heavy atom. The van der Waals surface area contributed by atoms with Crippen LogP contribution in [-0.4, -0.2) is 22.1 Å². The van der Waals surface area contributed by atoms with Crippen molar-refractivity contribution in [2.45, 2.75) is 39.3 Å². The van der Waals surface area contributed by atoms with E-state index in [4.69, 9.17) is 4.52 Å². The van der Waals surface area contributed by atoms with Gasteiger partial charge in [0.2, 0.25) is 5.89 Å². The SMILES string of the molecule is CN(Cc1ccccc1)Cc1nc(C(C)(C)C)no1. The van der Waals surface area contributed by atoms with Gasteiger partial charge < -0.3 is 4.52 Å². The van der Waals surface area contributed by atoms with Crippen LogP contribution in [0.3, 0.4) is 0 Å². The van der Waals surface area contributed by atoms with Gasteiger partial charge in [-0.25, -0.2) is 0 Å². The lowest BCUT2D eigenvalue weighted by Crippen LogP contribution is -2.18. The first-order valence-electron chi connectivity index (χ1n) is 6.50. The summed E-state index contributed by atoms with van der Waals surface area (Å²) in [6.07, 6.45) is 0. The van der Waals surface area contributed by atoms with Gasteiger partial charge in [0, 0.05) is 12.0 Å². The van der Waals surface area contributed by atoms with Gasteiger partial charge in [0.05, 0.1) is 6.54 Å². The number of hydrogen-bond donors (Lipinski definition) is 0. The summed E-state index contributed by atoms with van der Waals surface area (Å²) < 4.78 is 5.30. The van der Waals surface area contributed by atoms with E-state index in [1.54, 1.807) is 0 Å². The molecule has 2 rings (SSSR count). The molecule has 0 saturated carbocycles. The maximum atomic E-state index is 5.30. The van der Waals surface area contributed by atoms with Crippen molar-refractivity contribution < 1.29 is 4.52 Å².